The lowest BCUT2D eigenvalue weighted by Crippen LogP contribution is -2.44. The number of nitrogens with one attached hydrogen (secondary N) is 1. The second kappa shape index (κ2) is 7.90. The van der Waals surface area contributed by atoms with Gasteiger partial charge in [0.1, 0.15) is 5.60 Å². The summed E-state index contributed by atoms with van der Waals surface area (Å²) in [4.78, 5) is 39.4. The molecule has 0 aliphatic rings. The fourth-order valence-corrected chi connectivity index (χ4v) is 1.99. The van der Waals surface area contributed by atoms with Gasteiger partial charge in [0, 0.05) is 18.3 Å². The normalized spacial score (nSPS) is 12.2. The Kier molecular flexibility index (Phi) is 6.45. The lowest BCUT2D eigenvalue weighted by Gasteiger charge is -2.22. The number of hydrogen-bond acceptors (Lipinski definition) is 6. The molecule has 0 saturated carbocycles. The molecule has 0 aromatic carbocycles. The van der Waals surface area contributed by atoms with Crippen molar-refractivity contribution in [2.75, 3.05) is 7.11 Å². The zero-order chi connectivity index (χ0) is 18.5. The van der Waals surface area contributed by atoms with Gasteiger partial charge in [0.25, 0.3) is 0 Å². The molecule has 24 heavy (non-hydrogen) atoms. The van der Waals surface area contributed by atoms with Crippen LogP contribution in [0.4, 0.5) is 4.79 Å². The van der Waals surface area contributed by atoms with Crippen LogP contribution in [0, 0.1) is 6.92 Å². The molecule has 0 radical (unpaired) electrons. The van der Waals surface area contributed by atoms with Crippen LogP contribution in [0.25, 0.3) is 0 Å². The Labute approximate surface area is 141 Å². The van der Waals surface area contributed by atoms with E-state index < -0.39 is 23.7 Å². The zero-order valence-corrected chi connectivity index (χ0v) is 14.9. The number of amides is 1. The van der Waals surface area contributed by atoms with E-state index in [4.69, 9.17) is 4.74 Å². The number of alkyl carbamates (subject to hydrolysis) is 1. The van der Waals surface area contributed by atoms with Gasteiger partial charge in [-0.3, -0.25) is 9.78 Å². The highest BCUT2D eigenvalue weighted by atomic mass is 16.6. The van der Waals surface area contributed by atoms with E-state index in [1.54, 1.807) is 33.8 Å². The Morgan fingerprint density at radius 1 is 1.29 bits per heavy atom. The van der Waals surface area contributed by atoms with Crippen molar-refractivity contribution >= 4 is 17.8 Å². The number of nitrogens with zero attached hydrogens (tertiary/aromatic N) is 1. The van der Waals surface area contributed by atoms with Crippen molar-refractivity contribution in [2.45, 2.75) is 52.7 Å². The minimum absolute atomic E-state index is 0.209. The third-order valence-corrected chi connectivity index (χ3v) is 3.19. The number of carbonyl (C=O) groups excluding carboxylic acids is 3. The van der Waals surface area contributed by atoms with E-state index in [-0.39, 0.29) is 12.2 Å². The van der Waals surface area contributed by atoms with Crippen LogP contribution in [-0.4, -0.2) is 41.6 Å². The second-order valence-electron chi connectivity index (χ2n) is 6.49. The van der Waals surface area contributed by atoms with E-state index in [0.717, 1.165) is 5.56 Å². The Balaban J connectivity index is 2.88. The fourth-order valence-electron chi connectivity index (χ4n) is 1.99. The Hall–Kier alpha value is -2.44. The molecule has 1 N–H and O–H groups in total. The monoisotopic (exact) mass is 336 g/mol. The molecule has 1 rings (SSSR count). The topological polar surface area (TPSA) is 94.6 Å². The number of methoxy groups -OCH3 is 1. The molecule has 1 heterocycles. The summed E-state index contributed by atoms with van der Waals surface area (Å²) in [5.74, 6) is -0.689. The van der Waals surface area contributed by atoms with Crippen molar-refractivity contribution in [2.24, 2.45) is 0 Å². The van der Waals surface area contributed by atoms with Crippen molar-refractivity contribution in [1.82, 2.24) is 10.3 Å². The molecule has 0 spiro atoms. The first-order valence-corrected chi connectivity index (χ1v) is 7.57. The number of esters is 1. The SMILES string of the molecule is COC(=O)c1cnc(C[C@@H](NC(=O)OC(C)(C)C)C(C)=O)c(C)c1. The van der Waals surface area contributed by atoms with Crippen LogP contribution < -0.4 is 5.32 Å². The van der Waals surface area contributed by atoms with Gasteiger partial charge in [-0.25, -0.2) is 9.59 Å². The van der Waals surface area contributed by atoms with Crippen molar-refractivity contribution < 1.29 is 23.9 Å². The van der Waals surface area contributed by atoms with Gasteiger partial charge in [-0.05, 0) is 46.2 Å². The van der Waals surface area contributed by atoms with Gasteiger partial charge < -0.3 is 14.8 Å². The molecule has 1 amide bonds. The summed E-state index contributed by atoms with van der Waals surface area (Å²) in [5, 5.41) is 2.55. The number of hydrogen-bond donors (Lipinski definition) is 1. The standard InChI is InChI=1S/C17H24N2O5/c1-10-7-12(15(21)23-6)9-18-13(10)8-14(11(2)20)19-16(22)24-17(3,4)5/h7,9,14H,8H2,1-6H3,(H,19,22)/t14-/m1/s1. The van der Waals surface area contributed by atoms with Crippen LogP contribution in [0.15, 0.2) is 12.3 Å². The van der Waals surface area contributed by atoms with Gasteiger partial charge in [0.15, 0.2) is 5.78 Å². The summed E-state index contributed by atoms with van der Waals surface area (Å²) in [6.45, 7) is 8.39. The molecule has 7 nitrogen and oxygen atoms in total. The number of ketones is 1. The minimum atomic E-state index is -0.755. The van der Waals surface area contributed by atoms with Crippen LogP contribution in [0.2, 0.25) is 0 Å². The van der Waals surface area contributed by atoms with Crippen LogP contribution in [0.5, 0.6) is 0 Å². The summed E-state index contributed by atoms with van der Waals surface area (Å²) >= 11 is 0. The molecular weight excluding hydrogens is 312 g/mol. The molecule has 1 atom stereocenters. The highest BCUT2D eigenvalue weighted by molar-refractivity contribution is 5.89. The second-order valence-corrected chi connectivity index (χ2v) is 6.49. The summed E-state index contributed by atoms with van der Waals surface area (Å²) < 4.78 is 9.81. The summed E-state index contributed by atoms with van der Waals surface area (Å²) in [6.07, 6.45) is 0.937. The quantitative estimate of drug-likeness (QED) is 0.828. The van der Waals surface area contributed by atoms with Gasteiger partial charge in [0.05, 0.1) is 18.7 Å². The molecule has 0 fully saturated rings. The van der Waals surface area contributed by atoms with Gasteiger partial charge in [-0.1, -0.05) is 0 Å². The molecule has 0 saturated heterocycles. The molecule has 1 aromatic rings. The van der Waals surface area contributed by atoms with Gasteiger partial charge in [-0.2, -0.15) is 0 Å². The molecule has 0 aliphatic heterocycles. The number of carbonyl (C=O) groups is 3. The largest absolute Gasteiger partial charge is 0.465 e. The smallest absolute Gasteiger partial charge is 0.408 e. The lowest BCUT2D eigenvalue weighted by molar-refractivity contribution is -0.119. The Bertz CT molecular complexity index is 634. The van der Waals surface area contributed by atoms with E-state index >= 15 is 0 Å². The molecule has 7 heteroatoms. The molecule has 0 unspecified atom stereocenters. The third kappa shape index (κ3) is 5.98. The third-order valence-electron chi connectivity index (χ3n) is 3.19. The number of aromatic nitrogens is 1. The lowest BCUT2D eigenvalue weighted by atomic mass is 10.0. The van der Waals surface area contributed by atoms with Gasteiger partial charge in [0.2, 0.25) is 0 Å². The number of aryl methyl sites for hydroxylation is 1. The number of ether oxygens (including phenoxy) is 2. The number of Topliss-reactive ketones (excluding diaryl/α,β-unsaturated/α-hetero) is 1. The molecule has 132 valence electrons. The van der Waals surface area contributed by atoms with E-state index in [1.165, 1.54) is 20.2 Å². The van der Waals surface area contributed by atoms with Crippen LogP contribution in [0.1, 0.15) is 49.3 Å². The van der Waals surface area contributed by atoms with Crippen LogP contribution in [0.3, 0.4) is 0 Å². The number of rotatable bonds is 5. The summed E-state index contributed by atoms with van der Waals surface area (Å²) in [7, 11) is 1.29. The first kappa shape index (κ1) is 19.6. The number of pyridine rings is 1. The predicted molar refractivity (Wildman–Crippen MR) is 87.9 cm³/mol. The van der Waals surface area contributed by atoms with Crippen molar-refractivity contribution in [3.63, 3.8) is 0 Å². The predicted octanol–water partition coefficient (Wildman–Crippen LogP) is 2.20. The van der Waals surface area contributed by atoms with E-state index in [2.05, 4.69) is 15.0 Å². The Morgan fingerprint density at radius 3 is 2.38 bits per heavy atom. The van der Waals surface area contributed by atoms with Crippen molar-refractivity contribution in [3.8, 4) is 0 Å². The van der Waals surface area contributed by atoms with E-state index in [0.29, 0.717) is 11.3 Å². The van der Waals surface area contributed by atoms with Crippen molar-refractivity contribution in [3.05, 3.63) is 29.1 Å². The summed E-state index contributed by atoms with van der Waals surface area (Å²) in [6, 6.07) is 0.883. The Morgan fingerprint density at radius 2 is 1.92 bits per heavy atom. The van der Waals surface area contributed by atoms with Gasteiger partial charge >= 0.3 is 12.1 Å². The van der Waals surface area contributed by atoms with Crippen LogP contribution >= 0.6 is 0 Å². The maximum Gasteiger partial charge on any atom is 0.408 e. The minimum Gasteiger partial charge on any atom is -0.465 e. The molecule has 1 aromatic heterocycles. The van der Waals surface area contributed by atoms with E-state index in [9.17, 15) is 14.4 Å². The van der Waals surface area contributed by atoms with Crippen LogP contribution in [-0.2, 0) is 20.7 Å². The maximum atomic E-state index is 11.9. The van der Waals surface area contributed by atoms with Crippen molar-refractivity contribution in [1.29, 1.82) is 0 Å². The summed E-state index contributed by atoms with van der Waals surface area (Å²) in [5.41, 5.74) is 1.02. The molecule has 0 bridgehead atoms. The maximum absolute atomic E-state index is 11.9. The zero-order valence-electron chi connectivity index (χ0n) is 14.9. The molecule has 0 aliphatic carbocycles. The molecular formula is C17H24N2O5. The first-order valence-electron chi connectivity index (χ1n) is 7.57. The first-order chi connectivity index (χ1) is 11.0. The van der Waals surface area contributed by atoms with E-state index in [1.807, 2.05) is 0 Å². The average molecular weight is 336 g/mol. The van der Waals surface area contributed by atoms with Gasteiger partial charge in [-0.15, -0.1) is 0 Å². The highest BCUT2D eigenvalue weighted by Gasteiger charge is 2.23. The fraction of sp³-hybridized carbons (Fsp3) is 0.529. The average Bonchev–Trinajstić information content (AvgIpc) is 2.45. The highest BCUT2D eigenvalue weighted by Crippen LogP contribution is 2.12.